The monoisotopic (exact) mass is 228 g/mol. The molecule has 3 rings (SSSR count). The number of benzene rings is 1. The maximum absolute atomic E-state index is 10.9. The van der Waals surface area contributed by atoms with Crippen LogP contribution < -0.4 is 0 Å². The summed E-state index contributed by atoms with van der Waals surface area (Å²) in [7, 11) is 0. The molecule has 0 bridgehead atoms. The summed E-state index contributed by atoms with van der Waals surface area (Å²) in [6.07, 6.45) is 2.38. The first kappa shape index (κ1) is 9.30. The van der Waals surface area contributed by atoms with Crippen molar-refractivity contribution in [3.8, 4) is 11.3 Å². The van der Waals surface area contributed by atoms with Crippen molar-refractivity contribution in [1.82, 2.24) is 10.2 Å². The lowest BCUT2D eigenvalue weighted by molar-refractivity contribution is 0.112. The minimum Gasteiger partial charge on any atom is -0.298 e. The van der Waals surface area contributed by atoms with Gasteiger partial charge in [-0.15, -0.1) is 11.3 Å². The molecule has 0 saturated heterocycles. The molecule has 0 radical (unpaired) electrons. The van der Waals surface area contributed by atoms with Crippen LogP contribution in [-0.4, -0.2) is 16.5 Å². The van der Waals surface area contributed by atoms with E-state index in [1.54, 1.807) is 17.5 Å². The third-order valence-electron chi connectivity index (χ3n) is 2.54. The largest absolute Gasteiger partial charge is 0.298 e. The number of carbonyl (C=O) groups excluding carboxylic acids is 1. The lowest BCUT2D eigenvalue weighted by atomic mass is 10.1. The maximum Gasteiger partial charge on any atom is 0.153 e. The maximum atomic E-state index is 10.9. The Kier molecular flexibility index (Phi) is 2.08. The van der Waals surface area contributed by atoms with Gasteiger partial charge in [-0.05, 0) is 16.8 Å². The second-order valence-corrected chi connectivity index (χ2v) is 4.38. The number of hydrogen-bond donors (Lipinski definition) is 1. The van der Waals surface area contributed by atoms with Crippen LogP contribution in [0.4, 0.5) is 0 Å². The summed E-state index contributed by atoms with van der Waals surface area (Å²) in [5, 5.41) is 10.0. The summed E-state index contributed by atoms with van der Waals surface area (Å²) in [5.41, 5.74) is 2.43. The van der Waals surface area contributed by atoms with E-state index < -0.39 is 0 Å². The zero-order chi connectivity index (χ0) is 11.0. The number of aromatic nitrogens is 2. The van der Waals surface area contributed by atoms with E-state index in [0.717, 1.165) is 17.5 Å². The summed E-state index contributed by atoms with van der Waals surface area (Å²) < 4.78 is 1.18. The van der Waals surface area contributed by atoms with Gasteiger partial charge in [-0.25, -0.2) is 0 Å². The normalized spacial score (nSPS) is 10.8. The molecule has 3 aromatic rings. The van der Waals surface area contributed by atoms with E-state index in [9.17, 15) is 4.79 Å². The Hall–Kier alpha value is -1.94. The molecular formula is C12H8N2OS. The summed E-state index contributed by atoms with van der Waals surface area (Å²) >= 11 is 1.67. The zero-order valence-electron chi connectivity index (χ0n) is 8.31. The van der Waals surface area contributed by atoms with Crippen LogP contribution in [0, 0.1) is 0 Å². The van der Waals surface area contributed by atoms with Crippen LogP contribution in [0.1, 0.15) is 10.4 Å². The SMILES string of the molecule is O=Cc1cn[nH]c1-c1cccc2ccsc12. The van der Waals surface area contributed by atoms with Gasteiger partial charge < -0.3 is 0 Å². The van der Waals surface area contributed by atoms with Gasteiger partial charge in [-0.2, -0.15) is 5.10 Å². The number of nitrogens with zero attached hydrogens (tertiary/aromatic N) is 1. The Morgan fingerprint density at radius 3 is 3.12 bits per heavy atom. The van der Waals surface area contributed by atoms with Crippen molar-refractivity contribution >= 4 is 27.7 Å². The number of hydrogen-bond acceptors (Lipinski definition) is 3. The number of thiophene rings is 1. The fourth-order valence-electron chi connectivity index (χ4n) is 1.79. The molecule has 78 valence electrons. The predicted molar refractivity (Wildman–Crippen MR) is 64.8 cm³/mol. The minimum atomic E-state index is 0.598. The topological polar surface area (TPSA) is 45.8 Å². The highest BCUT2D eigenvalue weighted by molar-refractivity contribution is 7.17. The van der Waals surface area contributed by atoms with Gasteiger partial charge in [-0.1, -0.05) is 18.2 Å². The molecule has 0 unspecified atom stereocenters. The van der Waals surface area contributed by atoms with E-state index in [1.807, 2.05) is 17.5 Å². The van der Waals surface area contributed by atoms with Crippen LogP contribution in [0.3, 0.4) is 0 Å². The number of fused-ring (bicyclic) bond motifs is 1. The molecule has 16 heavy (non-hydrogen) atoms. The summed E-state index contributed by atoms with van der Waals surface area (Å²) in [6, 6.07) is 8.12. The van der Waals surface area contributed by atoms with E-state index >= 15 is 0 Å². The Bertz CT molecular complexity index is 654. The minimum absolute atomic E-state index is 0.598. The molecule has 0 aliphatic carbocycles. The summed E-state index contributed by atoms with van der Waals surface area (Å²) in [6.45, 7) is 0. The van der Waals surface area contributed by atoms with Crippen LogP contribution in [0.25, 0.3) is 21.3 Å². The Balaban J connectivity index is 2.33. The van der Waals surface area contributed by atoms with E-state index in [1.165, 1.54) is 10.1 Å². The van der Waals surface area contributed by atoms with Gasteiger partial charge in [0, 0.05) is 10.3 Å². The van der Waals surface area contributed by atoms with Gasteiger partial charge >= 0.3 is 0 Å². The van der Waals surface area contributed by atoms with Crippen LogP contribution in [-0.2, 0) is 0 Å². The molecule has 0 aliphatic heterocycles. The zero-order valence-corrected chi connectivity index (χ0v) is 9.12. The first-order valence-corrected chi connectivity index (χ1v) is 5.73. The molecule has 0 aliphatic rings. The average Bonchev–Trinajstić information content (AvgIpc) is 2.96. The van der Waals surface area contributed by atoms with Gasteiger partial charge in [-0.3, -0.25) is 9.89 Å². The fourth-order valence-corrected chi connectivity index (χ4v) is 2.71. The molecule has 2 aromatic heterocycles. The molecule has 0 saturated carbocycles. The first-order valence-electron chi connectivity index (χ1n) is 4.85. The molecule has 0 spiro atoms. The Morgan fingerprint density at radius 1 is 1.31 bits per heavy atom. The molecule has 0 amide bonds. The lowest BCUT2D eigenvalue weighted by Crippen LogP contribution is -1.84. The van der Waals surface area contributed by atoms with Crippen molar-refractivity contribution in [3.05, 3.63) is 41.4 Å². The molecule has 4 heteroatoms. The van der Waals surface area contributed by atoms with Crippen molar-refractivity contribution in [2.45, 2.75) is 0 Å². The predicted octanol–water partition coefficient (Wildman–Crippen LogP) is 3.10. The number of aromatic amines is 1. The van der Waals surface area contributed by atoms with E-state index in [4.69, 9.17) is 0 Å². The van der Waals surface area contributed by atoms with Crippen LogP contribution in [0.15, 0.2) is 35.8 Å². The fraction of sp³-hybridized carbons (Fsp3) is 0. The molecule has 3 nitrogen and oxygen atoms in total. The summed E-state index contributed by atoms with van der Waals surface area (Å²) in [4.78, 5) is 10.9. The third kappa shape index (κ3) is 1.27. The Labute approximate surface area is 95.7 Å². The number of carbonyl (C=O) groups is 1. The van der Waals surface area contributed by atoms with Gasteiger partial charge in [0.25, 0.3) is 0 Å². The van der Waals surface area contributed by atoms with Gasteiger partial charge in [0.15, 0.2) is 6.29 Å². The second kappa shape index (κ2) is 3.57. The lowest BCUT2D eigenvalue weighted by Gasteiger charge is -2.00. The molecule has 1 aromatic carbocycles. The van der Waals surface area contributed by atoms with Crippen molar-refractivity contribution < 1.29 is 4.79 Å². The highest BCUT2D eigenvalue weighted by atomic mass is 32.1. The second-order valence-electron chi connectivity index (χ2n) is 3.46. The Morgan fingerprint density at radius 2 is 2.25 bits per heavy atom. The summed E-state index contributed by atoms with van der Waals surface area (Å²) in [5.74, 6) is 0. The van der Waals surface area contributed by atoms with Gasteiger partial charge in [0.05, 0.1) is 17.5 Å². The number of aldehydes is 1. The number of H-pyrrole nitrogens is 1. The highest BCUT2D eigenvalue weighted by Gasteiger charge is 2.10. The molecular weight excluding hydrogens is 220 g/mol. The number of nitrogens with one attached hydrogen (secondary N) is 1. The molecule has 0 fully saturated rings. The van der Waals surface area contributed by atoms with Crippen molar-refractivity contribution in [1.29, 1.82) is 0 Å². The smallest absolute Gasteiger partial charge is 0.153 e. The standard InChI is InChI=1S/C12H8N2OS/c15-7-9-6-13-14-11(9)10-3-1-2-8-4-5-16-12(8)10/h1-7H,(H,13,14). The van der Waals surface area contributed by atoms with E-state index in [2.05, 4.69) is 22.3 Å². The number of rotatable bonds is 2. The van der Waals surface area contributed by atoms with Gasteiger partial charge in [0.2, 0.25) is 0 Å². The van der Waals surface area contributed by atoms with Crippen molar-refractivity contribution in [2.24, 2.45) is 0 Å². The van der Waals surface area contributed by atoms with Crippen molar-refractivity contribution in [3.63, 3.8) is 0 Å². The third-order valence-corrected chi connectivity index (χ3v) is 3.51. The van der Waals surface area contributed by atoms with Gasteiger partial charge in [0.1, 0.15) is 0 Å². The molecule has 0 atom stereocenters. The molecule has 2 heterocycles. The van der Waals surface area contributed by atoms with E-state index in [0.29, 0.717) is 5.56 Å². The van der Waals surface area contributed by atoms with E-state index in [-0.39, 0.29) is 0 Å². The quantitative estimate of drug-likeness (QED) is 0.685. The van der Waals surface area contributed by atoms with Crippen LogP contribution >= 0.6 is 11.3 Å². The van der Waals surface area contributed by atoms with Crippen LogP contribution in [0.2, 0.25) is 0 Å². The van der Waals surface area contributed by atoms with Crippen molar-refractivity contribution in [2.75, 3.05) is 0 Å². The first-order chi connectivity index (χ1) is 7.90. The average molecular weight is 228 g/mol. The van der Waals surface area contributed by atoms with Crippen LogP contribution in [0.5, 0.6) is 0 Å². The highest BCUT2D eigenvalue weighted by Crippen LogP contribution is 2.32. The molecule has 1 N–H and O–H groups in total.